The van der Waals surface area contributed by atoms with Crippen molar-refractivity contribution < 1.29 is 18.3 Å². The van der Waals surface area contributed by atoms with E-state index in [4.69, 9.17) is 10.5 Å². The summed E-state index contributed by atoms with van der Waals surface area (Å²) in [6, 6.07) is 9.72. The zero-order chi connectivity index (χ0) is 20.5. The Labute approximate surface area is 163 Å². The summed E-state index contributed by atoms with van der Waals surface area (Å²) in [4.78, 5) is 13.9. The SMILES string of the molecule is CC(C)(C)OC(=O)N1CCC(c2ccc(Nc3c(N)ccc(F)c3F)cc2)C1. The van der Waals surface area contributed by atoms with Crippen LogP contribution in [0.15, 0.2) is 36.4 Å². The Morgan fingerprint density at radius 2 is 1.86 bits per heavy atom. The lowest BCUT2D eigenvalue weighted by Crippen LogP contribution is -2.35. The molecule has 1 fully saturated rings. The molecule has 3 rings (SSSR count). The summed E-state index contributed by atoms with van der Waals surface area (Å²) in [5.41, 5.74) is 6.94. The molecule has 1 heterocycles. The second-order valence-corrected chi connectivity index (χ2v) is 7.98. The van der Waals surface area contributed by atoms with Crippen LogP contribution < -0.4 is 11.1 Å². The van der Waals surface area contributed by atoms with Crippen molar-refractivity contribution >= 4 is 23.2 Å². The van der Waals surface area contributed by atoms with E-state index in [1.165, 1.54) is 6.07 Å². The highest BCUT2D eigenvalue weighted by atomic mass is 19.2. The first-order valence-electron chi connectivity index (χ1n) is 9.22. The normalized spacial score (nSPS) is 16.9. The predicted molar refractivity (Wildman–Crippen MR) is 106 cm³/mol. The Hall–Kier alpha value is -2.83. The minimum Gasteiger partial charge on any atom is -0.444 e. The smallest absolute Gasteiger partial charge is 0.410 e. The Balaban J connectivity index is 1.66. The number of carbonyl (C=O) groups excluding carboxylic acids is 1. The van der Waals surface area contributed by atoms with Gasteiger partial charge in [0.15, 0.2) is 11.6 Å². The number of nitrogens with two attached hydrogens (primary N) is 1. The van der Waals surface area contributed by atoms with Crippen LogP contribution in [0.25, 0.3) is 0 Å². The first-order chi connectivity index (χ1) is 13.1. The molecule has 1 aliphatic heterocycles. The van der Waals surface area contributed by atoms with Gasteiger partial charge in [0.25, 0.3) is 0 Å². The molecule has 0 radical (unpaired) electrons. The number of rotatable bonds is 3. The molecule has 3 N–H and O–H groups in total. The second-order valence-electron chi connectivity index (χ2n) is 7.98. The fraction of sp³-hybridized carbons (Fsp3) is 0.381. The van der Waals surface area contributed by atoms with E-state index in [1.807, 2.05) is 32.9 Å². The molecule has 5 nitrogen and oxygen atoms in total. The zero-order valence-corrected chi connectivity index (χ0v) is 16.3. The number of nitrogens with one attached hydrogen (secondary N) is 1. The summed E-state index contributed by atoms with van der Waals surface area (Å²) in [5, 5.41) is 2.83. The number of hydrogen-bond donors (Lipinski definition) is 2. The molecule has 1 atom stereocenters. The third-order valence-electron chi connectivity index (χ3n) is 4.62. The lowest BCUT2D eigenvalue weighted by molar-refractivity contribution is 0.0292. The fourth-order valence-corrected chi connectivity index (χ4v) is 3.20. The van der Waals surface area contributed by atoms with Crippen LogP contribution in [-0.4, -0.2) is 29.7 Å². The Kier molecular flexibility index (Phi) is 5.45. The van der Waals surface area contributed by atoms with Crippen molar-refractivity contribution in [2.75, 3.05) is 24.1 Å². The molecule has 0 spiro atoms. The van der Waals surface area contributed by atoms with E-state index in [0.29, 0.717) is 18.8 Å². The van der Waals surface area contributed by atoms with Gasteiger partial charge >= 0.3 is 6.09 Å². The van der Waals surface area contributed by atoms with Gasteiger partial charge in [-0.15, -0.1) is 0 Å². The molecule has 1 unspecified atom stereocenters. The number of ether oxygens (including phenoxy) is 1. The van der Waals surface area contributed by atoms with Gasteiger partial charge in [-0.05, 0) is 57.0 Å². The van der Waals surface area contributed by atoms with Crippen LogP contribution >= 0.6 is 0 Å². The Bertz CT molecular complexity index is 863. The second kappa shape index (κ2) is 7.66. The van der Waals surface area contributed by atoms with E-state index in [1.54, 1.807) is 17.0 Å². The molecule has 28 heavy (non-hydrogen) atoms. The number of amides is 1. The highest BCUT2D eigenvalue weighted by molar-refractivity contribution is 5.73. The quantitative estimate of drug-likeness (QED) is 0.724. The van der Waals surface area contributed by atoms with Gasteiger partial charge in [0.2, 0.25) is 0 Å². The molecule has 0 aromatic heterocycles. The predicted octanol–water partition coefficient (Wildman–Crippen LogP) is 5.02. The van der Waals surface area contributed by atoms with Crippen molar-refractivity contribution in [2.45, 2.75) is 38.7 Å². The lowest BCUT2D eigenvalue weighted by Gasteiger charge is -2.24. The molecule has 0 aliphatic carbocycles. The van der Waals surface area contributed by atoms with Crippen LogP contribution in [0.3, 0.4) is 0 Å². The van der Waals surface area contributed by atoms with Gasteiger partial charge in [-0.2, -0.15) is 0 Å². The van der Waals surface area contributed by atoms with Crippen LogP contribution in [0, 0.1) is 11.6 Å². The molecule has 2 aromatic rings. The summed E-state index contributed by atoms with van der Waals surface area (Å²) in [6.45, 7) is 6.77. The van der Waals surface area contributed by atoms with Gasteiger partial charge in [0, 0.05) is 24.7 Å². The van der Waals surface area contributed by atoms with E-state index in [-0.39, 0.29) is 23.4 Å². The largest absolute Gasteiger partial charge is 0.444 e. The van der Waals surface area contributed by atoms with E-state index < -0.39 is 17.2 Å². The number of halogens is 2. The van der Waals surface area contributed by atoms with Crippen molar-refractivity contribution in [2.24, 2.45) is 0 Å². The van der Waals surface area contributed by atoms with Crippen LogP contribution in [0.5, 0.6) is 0 Å². The maximum Gasteiger partial charge on any atom is 0.410 e. The molecule has 0 saturated carbocycles. The van der Waals surface area contributed by atoms with Crippen LogP contribution in [-0.2, 0) is 4.74 Å². The van der Waals surface area contributed by atoms with Gasteiger partial charge in [-0.25, -0.2) is 13.6 Å². The molecular weight excluding hydrogens is 364 g/mol. The van der Waals surface area contributed by atoms with Gasteiger partial charge < -0.3 is 20.7 Å². The standard InChI is InChI=1S/C21H25F2N3O2/c1-21(2,3)28-20(27)26-11-10-14(12-26)13-4-6-15(7-5-13)25-19-17(24)9-8-16(22)18(19)23/h4-9,14,25H,10-12,24H2,1-3H3. The zero-order valence-electron chi connectivity index (χ0n) is 16.3. The molecule has 1 amide bonds. The van der Waals surface area contributed by atoms with Gasteiger partial charge in [-0.3, -0.25) is 0 Å². The van der Waals surface area contributed by atoms with Crippen molar-refractivity contribution in [3.8, 4) is 0 Å². The van der Waals surface area contributed by atoms with Crippen molar-refractivity contribution in [1.29, 1.82) is 0 Å². The molecule has 150 valence electrons. The number of nitrogen functional groups attached to an aromatic ring is 1. The number of benzene rings is 2. The molecular formula is C21H25F2N3O2. The molecule has 0 bridgehead atoms. The first kappa shape index (κ1) is 19.9. The molecule has 1 aliphatic rings. The van der Waals surface area contributed by atoms with Crippen LogP contribution in [0.2, 0.25) is 0 Å². The maximum absolute atomic E-state index is 13.9. The van der Waals surface area contributed by atoms with Crippen molar-refractivity contribution in [3.05, 3.63) is 53.6 Å². The van der Waals surface area contributed by atoms with E-state index in [0.717, 1.165) is 18.1 Å². The van der Waals surface area contributed by atoms with E-state index in [9.17, 15) is 13.6 Å². The van der Waals surface area contributed by atoms with Crippen LogP contribution in [0.4, 0.5) is 30.6 Å². The summed E-state index contributed by atoms with van der Waals surface area (Å²) in [7, 11) is 0. The number of hydrogen-bond acceptors (Lipinski definition) is 4. The summed E-state index contributed by atoms with van der Waals surface area (Å²) < 4.78 is 32.8. The first-order valence-corrected chi connectivity index (χ1v) is 9.22. The lowest BCUT2D eigenvalue weighted by atomic mass is 9.98. The molecule has 7 heteroatoms. The minimum absolute atomic E-state index is 0.0790. The number of nitrogens with zero attached hydrogens (tertiary/aromatic N) is 1. The Morgan fingerprint density at radius 3 is 2.50 bits per heavy atom. The minimum atomic E-state index is -1.01. The molecule has 2 aromatic carbocycles. The third kappa shape index (κ3) is 4.52. The average Bonchev–Trinajstić information content (AvgIpc) is 3.11. The van der Waals surface area contributed by atoms with E-state index in [2.05, 4.69) is 5.32 Å². The maximum atomic E-state index is 13.9. The average molecular weight is 389 g/mol. The van der Waals surface area contributed by atoms with Crippen molar-refractivity contribution in [1.82, 2.24) is 4.90 Å². The monoisotopic (exact) mass is 389 g/mol. The highest BCUT2D eigenvalue weighted by Crippen LogP contribution is 2.31. The number of likely N-dealkylation sites (tertiary alicyclic amines) is 1. The van der Waals surface area contributed by atoms with Gasteiger partial charge in [0.05, 0.1) is 5.69 Å². The fourth-order valence-electron chi connectivity index (χ4n) is 3.20. The number of anilines is 3. The van der Waals surface area contributed by atoms with E-state index >= 15 is 0 Å². The highest BCUT2D eigenvalue weighted by Gasteiger charge is 2.30. The Morgan fingerprint density at radius 1 is 1.18 bits per heavy atom. The third-order valence-corrected chi connectivity index (χ3v) is 4.62. The summed E-state index contributed by atoms with van der Waals surface area (Å²) in [5.74, 6) is -1.76. The van der Waals surface area contributed by atoms with Gasteiger partial charge in [0.1, 0.15) is 11.3 Å². The van der Waals surface area contributed by atoms with Gasteiger partial charge in [-0.1, -0.05) is 12.1 Å². The molecule has 1 saturated heterocycles. The number of carbonyl (C=O) groups is 1. The topological polar surface area (TPSA) is 67.6 Å². The summed E-state index contributed by atoms with van der Waals surface area (Å²) in [6.07, 6.45) is 0.544. The summed E-state index contributed by atoms with van der Waals surface area (Å²) >= 11 is 0. The van der Waals surface area contributed by atoms with Crippen molar-refractivity contribution in [3.63, 3.8) is 0 Å². The van der Waals surface area contributed by atoms with Crippen LogP contribution in [0.1, 0.15) is 38.7 Å².